The van der Waals surface area contributed by atoms with Crippen molar-refractivity contribution in [3.8, 4) is 5.75 Å². The number of carbonyl (C=O) groups is 2. The number of likely N-dealkylation sites (tertiary alicyclic amines) is 1. The van der Waals surface area contributed by atoms with E-state index in [0.717, 1.165) is 0 Å². The van der Waals surface area contributed by atoms with Crippen LogP contribution >= 0.6 is 0 Å². The third kappa shape index (κ3) is 4.58. The lowest BCUT2D eigenvalue weighted by Crippen LogP contribution is -2.34. The monoisotopic (exact) mass is 306 g/mol. The van der Waals surface area contributed by atoms with Crippen LogP contribution in [0.2, 0.25) is 0 Å². The third-order valence-electron chi connectivity index (χ3n) is 3.42. The number of nitrogens with zero attached hydrogens (tertiary/aromatic N) is 1. The van der Waals surface area contributed by atoms with Crippen LogP contribution in [0.15, 0.2) is 36.9 Å². The zero-order valence-electron chi connectivity index (χ0n) is 12.3. The summed E-state index contributed by atoms with van der Waals surface area (Å²) in [6.07, 6.45) is 1.99. The van der Waals surface area contributed by atoms with Gasteiger partial charge in [0, 0.05) is 32.0 Å². The molecule has 0 aliphatic carbocycles. The van der Waals surface area contributed by atoms with Gasteiger partial charge in [0.1, 0.15) is 17.7 Å². The minimum Gasteiger partial charge on any atom is -0.488 e. The lowest BCUT2D eigenvalue weighted by atomic mass is 10.3. The van der Waals surface area contributed by atoms with Crippen LogP contribution in [-0.2, 0) is 9.59 Å². The van der Waals surface area contributed by atoms with E-state index in [1.54, 1.807) is 17.0 Å². The molecule has 1 unspecified atom stereocenters. The summed E-state index contributed by atoms with van der Waals surface area (Å²) >= 11 is 0. The molecule has 1 aliphatic rings. The summed E-state index contributed by atoms with van der Waals surface area (Å²) in [7, 11) is 0. The van der Waals surface area contributed by atoms with Crippen molar-refractivity contribution in [3.63, 3.8) is 0 Å². The van der Waals surface area contributed by atoms with Crippen LogP contribution in [0.3, 0.4) is 0 Å². The van der Waals surface area contributed by atoms with Gasteiger partial charge < -0.3 is 15.0 Å². The molecule has 0 spiro atoms. The molecule has 0 radical (unpaired) electrons. The molecule has 1 aromatic rings. The molecule has 5 nitrogen and oxygen atoms in total. The van der Waals surface area contributed by atoms with E-state index in [-0.39, 0.29) is 36.7 Å². The van der Waals surface area contributed by atoms with Crippen molar-refractivity contribution in [3.05, 3.63) is 42.7 Å². The molecule has 1 aliphatic heterocycles. The maximum absolute atomic E-state index is 13.1. The Labute approximate surface area is 128 Å². The first-order valence-electron chi connectivity index (χ1n) is 7.19. The molecule has 1 N–H and O–H groups in total. The molecule has 118 valence electrons. The Bertz CT molecular complexity index is 562. The van der Waals surface area contributed by atoms with E-state index in [1.807, 2.05) is 0 Å². The summed E-state index contributed by atoms with van der Waals surface area (Å²) in [6.45, 7) is 4.71. The lowest BCUT2D eigenvalue weighted by Gasteiger charge is -2.17. The Kier molecular flexibility index (Phi) is 5.52. The smallest absolute Gasteiger partial charge is 0.243 e. The average Bonchev–Trinajstić information content (AvgIpc) is 2.95. The van der Waals surface area contributed by atoms with Crippen LogP contribution in [0.1, 0.15) is 12.8 Å². The van der Waals surface area contributed by atoms with E-state index in [4.69, 9.17) is 4.74 Å². The molecule has 2 amide bonds. The second kappa shape index (κ2) is 7.59. The molecule has 2 rings (SSSR count). The van der Waals surface area contributed by atoms with Gasteiger partial charge >= 0.3 is 0 Å². The second-order valence-electron chi connectivity index (χ2n) is 5.07. The van der Waals surface area contributed by atoms with Gasteiger partial charge in [0.25, 0.3) is 0 Å². The molecule has 0 saturated carbocycles. The Balaban J connectivity index is 1.76. The quantitative estimate of drug-likeness (QED) is 0.810. The maximum atomic E-state index is 13.1. The average molecular weight is 306 g/mol. The SMILES string of the molecule is C=CC(=O)NCCC(=O)N1CCC(Oc2cccc(F)c2)C1. The molecule has 0 aromatic heterocycles. The highest BCUT2D eigenvalue weighted by Crippen LogP contribution is 2.19. The molecular weight excluding hydrogens is 287 g/mol. The van der Waals surface area contributed by atoms with Gasteiger partial charge in [-0.25, -0.2) is 4.39 Å². The summed E-state index contributed by atoms with van der Waals surface area (Å²) < 4.78 is 18.8. The van der Waals surface area contributed by atoms with E-state index in [9.17, 15) is 14.0 Å². The number of nitrogens with one attached hydrogen (secondary N) is 1. The fraction of sp³-hybridized carbons (Fsp3) is 0.375. The predicted octanol–water partition coefficient (Wildman–Crippen LogP) is 1.50. The van der Waals surface area contributed by atoms with Crippen LogP contribution in [0, 0.1) is 5.82 Å². The molecule has 1 atom stereocenters. The normalized spacial score (nSPS) is 17.1. The van der Waals surface area contributed by atoms with Crippen molar-refractivity contribution >= 4 is 11.8 Å². The van der Waals surface area contributed by atoms with Crippen molar-refractivity contribution in [1.29, 1.82) is 0 Å². The Morgan fingerprint density at radius 2 is 2.32 bits per heavy atom. The Morgan fingerprint density at radius 1 is 1.50 bits per heavy atom. The zero-order valence-corrected chi connectivity index (χ0v) is 12.3. The summed E-state index contributed by atoms with van der Waals surface area (Å²) in [5.74, 6) is -0.199. The highest BCUT2D eigenvalue weighted by atomic mass is 19.1. The molecule has 1 heterocycles. The van der Waals surface area contributed by atoms with Gasteiger partial charge in [-0.3, -0.25) is 9.59 Å². The number of rotatable bonds is 6. The van der Waals surface area contributed by atoms with Crippen LogP contribution in [-0.4, -0.2) is 42.5 Å². The van der Waals surface area contributed by atoms with Crippen molar-refractivity contribution in [2.75, 3.05) is 19.6 Å². The molecule has 6 heteroatoms. The third-order valence-corrected chi connectivity index (χ3v) is 3.42. The van der Waals surface area contributed by atoms with Gasteiger partial charge in [0.05, 0.1) is 6.54 Å². The number of halogens is 1. The van der Waals surface area contributed by atoms with Crippen LogP contribution in [0.25, 0.3) is 0 Å². The van der Waals surface area contributed by atoms with Crippen molar-refractivity contribution in [2.45, 2.75) is 18.9 Å². The first-order valence-corrected chi connectivity index (χ1v) is 7.19. The number of ether oxygens (including phenoxy) is 1. The van der Waals surface area contributed by atoms with Crippen LogP contribution in [0.4, 0.5) is 4.39 Å². The summed E-state index contributed by atoms with van der Waals surface area (Å²) in [5, 5.41) is 2.57. The topological polar surface area (TPSA) is 58.6 Å². The minimum atomic E-state index is -0.346. The van der Waals surface area contributed by atoms with Crippen molar-refractivity contribution in [2.24, 2.45) is 0 Å². The van der Waals surface area contributed by atoms with Crippen LogP contribution in [0.5, 0.6) is 5.75 Å². The standard InChI is InChI=1S/C16H19FN2O3/c1-2-15(20)18-8-6-16(21)19-9-7-14(11-19)22-13-5-3-4-12(17)10-13/h2-5,10,14H,1,6-9,11H2,(H,18,20). The van der Waals surface area contributed by atoms with Gasteiger partial charge in [-0.05, 0) is 18.2 Å². The van der Waals surface area contributed by atoms with Gasteiger partial charge in [-0.1, -0.05) is 12.6 Å². The van der Waals surface area contributed by atoms with E-state index >= 15 is 0 Å². The summed E-state index contributed by atoms with van der Waals surface area (Å²) in [4.78, 5) is 24.7. The van der Waals surface area contributed by atoms with E-state index < -0.39 is 0 Å². The van der Waals surface area contributed by atoms with Gasteiger partial charge in [-0.15, -0.1) is 0 Å². The van der Waals surface area contributed by atoms with E-state index in [2.05, 4.69) is 11.9 Å². The van der Waals surface area contributed by atoms with E-state index in [1.165, 1.54) is 18.2 Å². The van der Waals surface area contributed by atoms with Crippen molar-refractivity contribution < 1.29 is 18.7 Å². The fourth-order valence-electron chi connectivity index (χ4n) is 2.31. The number of hydrogen-bond acceptors (Lipinski definition) is 3. The summed E-state index contributed by atoms with van der Waals surface area (Å²) in [5.41, 5.74) is 0. The lowest BCUT2D eigenvalue weighted by molar-refractivity contribution is -0.130. The maximum Gasteiger partial charge on any atom is 0.243 e. The highest BCUT2D eigenvalue weighted by molar-refractivity contribution is 5.87. The minimum absolute atomic E-state index is 0.0327. The Hall–Kier alpha value is -2.37. The number of amides is 2. The Morgan fingerprint density at radius 3 is 3.05 bits per heavy atom. The molecule has 22 heavy (non-hydrogen) atoms. The fourth-order valence-corrected chi connectivity index (χ4v) is 2.31. The van der Waals surface area contributed by atoms with Gasteiger partial charge in [0.2, 0.25) is 11.8 Å². The highest BCUT2D eigenvalue weighted by Gasteiger charge is 2.27. The number of carbonyl (C=O) groups excluding carboxylic acids is 2. The predicted molar refractivity (Wildman–Crippen MR) is 79.8 cm³/mol. The molecular formula is C16H19FN2O3. The van der Waals surface area contributed by atoms with Crippen molar-refractivity contribution in [1.82, 2.24) is 10.2 Å². The molecule has 1 fully saturated rings. The molecule has 1 aromatic carbocycles. The van der Waals surface area contributed by atoms with Gasteiger partial charge in [0.15, 0.2) is 0 Å². The summed E-state index contributed by atoms with van der Waals surface area (Å²) in [6, 6.07) is 5.97. The zero-order chi connectivity index (χ0) is 15.9. The van der Waals surface area contributed by atoms with Crippen LogP contribution < -0.4 is 10.1 Å². The van der Waals surface area contributed by atoms with Gasteiger partial charge in [-0.2, -0.15) is 0 Å². The second-order valence-corrected chi connectivity index (χ2v) is 5.07. The first-order chi connectivity index (χ1) is 10.6. The number of hydrogen-bond donors (Lipinski definition) is 1. The molecule has 1 saturated heterocycles. The number of benzene rings is 1. The van der Waals surface area contributed by atoms with E-state index in [0.29, 0.717) is 25.3 Å². The first kappa shape index (κ1) is 16.0. The molecule has 0 bridgehead atoms. The largest absolute Gasteiger partial charge is 0.488 e.